The van der Waals surface area contributed by atoms with Crippen molar-refractivity contribution >= 4 is 11.9 Å². The number of carbonyl (C=O) groups is 2. The fourth-order valence-corrected chi connectivity index (χ4v) is 5.51. The monoisotopic (exact) mass is 594 g/mol. The van der Waals surface area contributed by atoms with Gasteiger partial charge in [-0.15, -0.1) is 6.58 Å². The molecule has 0 heterocycles. The maximum Gasteiger partial charge on any atom is 0.343 e. The van der Waals surface area contributed by atoms with Gasteiger partial charge in [0.25, 0.3) is 0 Å². The Bertz CT molecular complexity index is 1490. The van der Waals surface area contributed by atoms with Gasteiger partial charge in [0.1, 0.15) is 11.4 Å². The number of hydrogen-bond donors (Lipinski definition) is 0. The molecule has 0 aliphatic rings. The van der Waals surface area contributed by atoms with E-state index in [0.29, 0.717) is 24.2 Å². The Labute approximate surface area is 265 Å². The average molecular weight is 595 g/mol. The molecular weight excluding hydrogens is 544 g/mol. The van der Waals surface area contributed by atoms with Crippen LogP contribution in [-0.2, 0) is 23.0 Å². The Balaban J connectivity index is 1.89. The number of hydrogen-bond acceptors (Lipinski definition) is 4. The van der Waals surface area contributed by atoms with Gasteiger partial charge in [-0.1, -0.05) is 95.7 Å². The van der Waals surface area contributed by atoms with E-state index in [-0.39, 0.29) is 16.9 Å². The standard InChI is InChI=1S/C40H50O4/c1-10-14-17-31-25-29(20-22-35(31)39(6,7)24-12-3)28(5)30-21-23-36(32(26-30)16-11-2)43-37(41)33-18-15-19-34(27-33)38(42)44-40(8,9)13-4/h10-11,14-15,18-23,25-28H,2,12-13,16-17,24H2,1,3-9H3/b14-10-. The molecule has 0 bridgehead atoms. The topological polar surface area (TPSA) is 52.6 Å². The molecule has 0 aromatic heterocycles. The maximum atomic E-state index is 13.2. The summed E-state index contributed by atoms with van der Waals surface area (Å²) in [6.45, 7) is 20.8. The van der Waals surface area contributed by atoms with E-state index in [0.717, 1.165) is 30.4 Å². The quantitative estimate of drug-likeness (QED) is 0.106. The molecule has 4 nitrogen and oxygen atoms in total. The van der Waals surface area contributed by atoms with Crippen LogP contribution in [0.5, 0.6) is 5.75 Å². The van der Waals surface area contributed by atoms with Crippen LogP contribution in [0.1, 0.15) is 129 Å². The summed E-state index contributed by atoms with van der Waals surface area (Å²) in [5.74, 6) is -0.366. The van der Waals surface area contributed by atoms with E-state index in [9.17, 15) is 9.59 Å². The van der Waals surface area contributed by atoms with Crippen LogP contribution in [0.15, 0.2) is 85.5 Å². The number of carbonyl (C=O) groups excluding carboxylic acids is 2. The number of benzene rings is 3. The Kier molecular flexibility index (Phi) is 11.9. The molecule has 1 atom stereocenters. The van der Waals surface area contributed by atoms with E-state index < -0.39 is 17.5 Å². The minimum atomic E-state index is -0.589. The Morgan fingerprint density at radius 1 is 0.864 bits per heavy atom. The van der Waals surface area contributed by atoms with Gasteiger partial charge in [0, 0.05) is 5.92 Å². The molecule has 0 saturated carbocycles. The highest BCUT2D eigenvalue weighted by Gasteiger charge is 2.25. The lowest BCUT2D eigenvalue weighted by Crippen LogP contribution is -2.27. The summed E-state index contributed by atoms with van der Waals surface area (Å²) in [6, 6.07) is 19.4. The summed E-state index contributed by atoms with van der Waals surface area (Å²) < 4.78 is 11.5. The number of ether oxygens (including phenoxy) is 2. The molecule has 0 aliphatic heterocycles. The first kappa shape index (κ1) is 34.6. The molecule has 0 N–H and O–H groups in total. The SMILES string of the molecule is C=CCc1cc(C(C)c2ccc(C(C)(C)CCC)c(C/C=C\C)c2)ccc1OC(=O)c1cccc(C(=O)OC(C)(C)CC)c1. The molecule has 44 heavy (non-hydrogen) atoms. The van der Waals surface area contributed by atoms with E-state index in [1.165, 1.54) is 22.8 Å². The van der Waals surface area contributed by atoms with E-state index in [4.69, 9.17) is 9.47 Å². The summed E-state index contributed by atoms with van der Waals surface area (Å²) in [4.78, 5) is 25.9. The summed E-state index contributed by atoms with van der Waals surface area (Å²) in [5, 5.41) is 0. The van der Waals surface area contributed by atoms with Crippen molar-refractivity contribution < 1.29 is 19.1 Å². The first-order chi connectivity index (χ1) is 20.9. The van der Waals surface area contributed by atoms with Crippen LogP contribution in [-0.4, -0.2) is 17.5 Å². The van der Waals surface area contributed by atoms with Gasteiger partial charge in [0.05, 0.1) is 11.1 Å². The first-order valence-corrected chi connectivity index (χ1v) is 15.9. The molecule has 234 valence electrons. The smallest absolute Gasteiger partial charge is 0.343 e. The summed E-state index contributed by atoms with van der Waals surface area (Å²) >= 11 is 0. The fraction of sp³-hybridized carbons (Fsp3) is 0.400. The van der Waals surface area contributed by atoms with Gasteiger partial charge < -0.3 is 9.47 Å². The van der Waals surface area contributed by atoms with Crippen LogP contribution in [0.4, 0.5) is 0 Å². The third-order valence-corrected chi connectivity index (χ3v) is 8.51. The first-order valence-electron chi connectivity index (χ1n) is 15.9. The van der Waals surface area contributed by atoms with Crippen LogP contribution in [0.25, 0.3) is 0 Å². The Morgan fingerprint density at radius 2 is 1.50 bits per heavy atom. The Hall–Kier alpha value is -3.92. The third-order valence-electron chi connectivity index (χ3n) is 8.51. The van der Waals surface area contributed by atoms with Crippen molar-refractivity contribution in [3.8, 4) is 5.75 Å². The molecule has 3 aromatic rings. The van der Waals surface area contributed by atoms with Gasteiger partial charge in [-0.3, -0.25) is 0 Å². The highest BCUT2D eigenvalue weighted by Crippen LogP contribution is 2.36. The van der Waals surface area contributed by atoms with Gasteiger partial charge >= 0.3 is 11.9 Å². The summed E-state index contributed by atoms with van der Waals surface area (Å²) in [5.41, 5.74) is 6.18. The molecule has 1 unspecified atom stereocenters. The van der Waals surface area contributed by atoms with Crippen LogP contribution >= 0.6 is 0 Å². The fourth-order valence-electron chi connectivity index (χ4n) is 5.51. The predicted molar refractivity (Wildman–Crippen MR) is 182 cm³/mol. The second kappa shape index (κ2) is 15.2. The second-order valence-electron chi connectivity index (χ2n) is 12.9. The zero-order valence-electron chi connectivity index (χ0n) is 28.0. The van der Waals surface area contributed by atoms with Gasteiger partial charge in [-0.25, -0.2) is 9.59 Å². The van der Waals surface area contributed by atoms with Crippen molar-refractivity contribution in [3.63, 3.8) is 0 Å². The van der Waals surface area contributed by atoms with Crippen molar-refractivity contribution in [2.24, 2.45) is 0 Å². The summed E-state index contributed by atoms with van der Waals surface area (Å²) in [7, 11) is 0. The largest absolute Gasteiger partial charge is 0.456 e. The van der Waals surface area contributed by atoms with Crippen LogP contribution in [0, 0.1) is 0 Å². The molecule has 0 spiro atoms. The molecule has 3 aromatic carbocycles. The number of rotatable bonds is 14. The van der Waals surface area contributed by atoms with Crippen molar-refractivity contribution in [3.05, 3.63) is 124 Å². The zero-order valence-corrected chi connectivity index (χ0v) is 28.0. The second-order valence-corrected chi connectivity index (χ2v) is 12.9. The van der Waals surface area contributed by atoms with Crippen LogP contribution < -0.4 is 4.74 Å². The molecule has 0 radical (unpaired) electrons. The van der Waals surface area contributed by atoms with Gasteiger partial charge in [0.2, 0.25) is 0 Å². The van der Waals surface area contributed by atoms with Crippen molar-refractivity contribution in [2.75, 3.05) is 0 Å². The lowest BCUT2D eigenvalue weighted by molar-refractivity contribution is -0.00244. The Morgan fingerprint density at radius 3 is 2.11 bits per heavy atom. The molecule has 0 fully saturated rings. The molecular formula is C40H50O4. The molecule has 0 saturated heterocycles. The van der Waals surface area contributed by atoms with Crippen LogP contribution in [0.2, 0.25) is 0 Å². The number of esters is 2. The van der Waals surface area contributed by atoms with Crippen molar-refractivity contribution in [1.82, 2.24) is 0 Å². The molecule has 3 rings (SSSR count). The van der Waals surface area contributed by atoms with Crippen molar-refractivity contribution in [1.29, 1.82) is 0 Å². The van der Waals surface area contributed by atoms with E-state index >= 15 is 0 Å². The normalized spacial score (nSPS) is 12.6. The highest BCUT2D eigenvalue weighted by atomic mass is 16.6. The van der Waals surface area contributed by atoms with E-state index in [1.54, 1.807) is 18.2 Å². The predicted octanol–water partition coefficient (Wildman–Crippen LogP) is 10.3. The molecule has 0 aliphatic carbocycles. The molecule has 0 amide bonds. The molecule has 4 heteroatoms. The van der Waals surface area contributed by atoms with E-state index in [2.05, 4.69) is 77.6 Å². The number of allylic oxidation sites excluding steroid dienone is 3. The lowest BCUT2D eigenvalue weighted by atomic mass is 9.76. The highest BCUT2D eigenvalue weighted by molar-refractivity contribution is 5.96. The summed E-state index contributed by atoms with van der Waals surface area (Å²) in [6.07, 6.45) is 10.6. The van der Waals surface area contributed by atoms with Gasteiger partial charge in [-0.2, -0.15) is 0 Å². The lowest BCUT2D eigenvalue weighted by Gasteiger charge is -2.28. The maximum absolute atomic E-state index is 13.2. The minimum Gasteiger partial charge on any atom is -0.456 e. The third kappa shape index (κ3) is 8.81. The zero-order chi connectivity index (χ0) is 32.5. The van der Waals surface area contributed by atoms with Crippen molar-refractivity contribution in [2.45, 2.75) is 104 Å². The minimum absolute atomic E-state index is 0.113. The van der Waals surface area contributed by atoms with Crippen LogP contribution in [0.3, 0.4) is 0 Å². The van der Waals surface area contributed by atoms with Gasteiger partial charge in [0.15, 0.2) is 0 Å². The van der Waals surface area contributed by atoms with Gasteiger partial charge in [-0.05, 0) is 104 Å². The van der Waals surface area contributed by atoms with E-state index in [1.807, 2.05) is 39.0 Å². The average Bonchev–Trinajstić information content (AvgIpc) is 3.00.